The van der Waals surface area contributed by atoms with Gasteiger partial charge in [-0.2, -0.15) is 0 Å². The minimum Gasteiger partial charge on any atom is -0.353 e. The molecule has 7 nitrogen and oxygen atoms in total. The Labute approximate surface area is 143 Å². The van der Waals surface area contributed by atoms with Crippen molar-refractivity contribution in [1.29, 1.82) is 0 Å². The Morgan fingerprint density at radius 2 is 2.09 bits per heavy atom. The molecule has 0 aromatic rings. The molecular weight excluding hydrogens is 320 g/mol. The van der Waals surface area contributed by atoms with Crippen molar-refractivity contribution < 1.29 is 14.4 Å². The number of halogens is 1. The minimum absolute atomic E-state index is 0. The smallest absolute Gasteiger partial charge is 0.325 e. The fourth-order valence-electron chi connectivity index (χ4n) is 3.31. The molecule has 0 aromatic heterocycles. The lowest BCUT2D eigenvalue weighted by molar-refractivity contribution is -0.137. The van der Waals surface area contributed by atoms with Gasteiger partial charge in [-0.25, -0.2) is 4.79 Å². The number of likely N-dealkylation sites (N-methyl/N-ethyl adjacent to an activating group) is 1. The fourth-order valence-corrected chi connectivity index (χ4v) is 3.31. The Hall–Kier alpha value is -1.34. The Morgan fingerprint density at radius 3 is 2.74 bits per heavy atom. The number of amides is 4. The molecule has 1 aliphatic carbocycles. The van der Waals surface area contributed by atoms with Crippen LogP contribution in [0.1, 0.15) is 39.5 Å². The molecule has 0 radical (unpaired) electrons. The molecule has 4 amide bonds. The zero-order valence-corrected chi connectivity index (χ0v) is 14.6. The van der Waals surface area contributed by atoms with Crippen LogP contribution in [0.25, 0.3) is 0 Å². The summed E-state index contributed by atoms with van der Waals surface area (Å²) in [5.74, 6) is -0.437. The molecule has 1 spiro atoms. The molecule has 2 atom stereocenters. The molecule has 2 aliphatic rings. The maximum atomic E-state index is 12.7. The van der Waals surface area contributed by atoms with Crippen molar-refractivity contribution in [2.45, 2.75) is 45.1 Å². The predicted molar refractivity (Wildman–Crippen MR) is 89.4 cm³/mol. The number of hydrogen-bond acceptors (Lipinski definition) is 4. The molecule has 23 heavy (non-hydrogen) atoms. The van der Waals surface area contributed by atoms with E-state index in [4.69, 9.17) is 0 Å². The fraction of sp³-hybridized carbons (Fsp3) is 0.800. The van der Waals surface area contributed by atoms with Crippen molar-refractivity contribution >= 4 is 30.3 Å². The minimum atomic E-state index is -0.792. The standard InChI is InChI=1S/C15H26N4O3.ClH/c1-3-16-8-9-17-12(20)10-19-13(21)15(18-14(19)22)7-5-4-6-11(15)2;/h11,16H,3-10H2,1-2H3,(H,17,20)(H,18,22);1H. The molecule has 132 valence electrons. The number of nitrogens with zero attached hydrogens (tertiary/aromatic N) is 1. The monoisotopic (exact) mass is 346 g/mol. The summed E-state index contributed by atoms with van der Waals surface area (Å²) in [5, 5.41) is 8.65. The normalized spacial score (nSPS) is 26.9. The van der Waals surface area contributed by atoms with Crippen molar-refractivity contribution in [1.82, 2.24) is 20.9 Å². The lowest BCUT2D eigenvalue weighted by atomic mass is 9.73. The van der Waals surface area contributed by atoms with Crippen LogP contribution in [0.4, 0.5) is 4.79 Å². The third-order valence-electron chi connectivity index (χ3n) is 4.68. The van der Waals surface area contributed by atoms with Gasteiger partial charge in [-0.3, -0.25) is 14.5 Å². The number of urea groups is 1. The van der Waals surface area contributed by atoms with Gasteiger partial charge in [-0.05, 0) is 25.3 Å². The largest absolute Gasteiger partial charge is 0.353 e. The quantitative estimate of drug-likeness (QED) is 0.486. The van der Waals surface area contributed by atoms with Gasteiger partial charge in [0.2, 0.25) is 5.91 Å². The molecule has 1 aliphatic heterocycles. The van der Waals surface area contributed by atoms with Gasteiger partial charge in [0.05, 0.1) is 0 Å². The zero-order valence-electron chi connectivity index (χ0n) is 13.8. The second kappa shape index (κ2) is 8.49. The third kappa shape index (κ3) is 4.14. The lowest BCUT2D eigenvalue weighted by Crippen LogP contribution is -2.54. The van der Waals surface area contributed by atoms with Crippen LogP contribution in [0.2, 0.25) is 0 Å². The van der Waals surface area contributed by atoms with Gasteiger partial charge in [0.15, 0.2) is 0 Å². The summed E-state index contributed by atoms with van der Waals surface area (Å²) in [6.07, 6.45) is 3.60. The number of imide groups is 1. The summed E-state index contributed by atoms with van der Waals surface area (Å²) in [6, 6.07) is -0.444. The Balaban J connectivity index is 0.00000264. The summed E-state index contributed by atoms with van der Waals surface area (Å²) in [4.78, 5) is 37.7. The highest BCUT2D eigenvalue weighted by molar-refractivity contribution is 6.09. The Bertz CT molecular complexity index is 460. The van der Waals surface area contributed by atoms with E-state index in [2.05, 4.69) is 16.0 Å². The second-order valence-electron chi connectivity index (χ2n) is 6.14. The highest BCUT2D eigenvalue weighted by Crippen LogP contribution is 2.37. The first kappa shape index (κ1) is 19.7. The van der Waals surface area contributed by atoms with Crippen molar-refractivity contribution in [2.24, 2.45) is 5.92 Å². The van der Waals surface area contributed by atoms with Gasteiger partial charge >= 0.3 is 6.03 Å². The molecule has 0 bridgehead atoms. The van der Waals surface area contributed by atoms with Crippen molar-refractivity contribution in [3.63, 3.8) is 0 Å². The molecule has 2 unspecified atom stereocenters. The van der Waals surface area contributed by atoms with Crippen LogP contribution >= 0.6 is 12.4 Å². The molecule has 1 heterocycles. The lowest BCUT2D eigenvalue weighted by Gasteiger charge is -2.36. The average molecular weight is 347 g/mol. The van der Waals surface area contributed by atoms with E-state index in [1.165, 1.54) is 0 Å². The first-order valence-corrected chi connectivity index (χ1v) is 8.12. The highest BCUT2D eigenvalue weighted by Gasteiger charge is 2.55. The van der Waals surface area contributed by atoms with E-state index in [9.17, 15) is 14.4 Å². The zero-order chi connectivity index (χ0) is 16.2. The molecule has 2 rings (SSSR count). The second-order valence-corrected chi connectivity index (χ2v) is 6.14. The number of carbonyl (C=O) groups excluding carboxylic acids is 3. The first-order chi connectivity index (χ1) is 10.5. The molecule has 8 heteroatoms. The Morgan fingerprint density at radius 1 is 1.35 bits per heavy atom. The van der Waals surface area contributed by atoms with Crippen molar-refractivity contribution in [2.75, 3.05) is 26.2 Å². The summed E-state index contributed by atoms with van der Waals surface area (Å²) < 4.78 is 0. The van der Waals surface area contributed by atoms with Gasteiger partial charge in [0, 0.05) is 13.1 Å². The van der Waals surface area contributed by atoms with E-state index in [-0.39, 0.29) is 36.7 Å². The number of hydrogen-bond donors (Lipinski definition) is 3. The van der Waals surface area contributed by atoms with Gasteiger partial charge in [-0.1, -0.05) is 26.7 Å². The number of carbonyl (C=O) groups is 3. The summed E-state index contributed by atoms with van der Waals surface area (Å²) in [6.45, 7) is 5.77. The number of rotatable bonds is 6. The highest BCUT2D eigenvalue weighted by atomic mass is 35.5. The topological polar surface area (TPSA) is 90.5 Å². The van der Waals surface area contributed by atoms with Crippen molar-refractivity contribution in [3.05, 3.63) is 0 Å². The molecule has 1 saturated carbocycles. The molecule has 0 aromatic carbocycles. The van der Waals surface area contributed by atoms with Crippen LogP contribution in [-0.2, 0) is 9.59 Å². The maximum absolute atomic E-state index is 12.7. The summed E-state index contributed by atoms with van der Waals surface area (Å²) >= 11 is 0. The van der Waals surface area contributed by atoms with E-state index in [1.54, 1.807) is 0 Å². The van der Waals surface area contributed by atoms with Crippen LogP contribution < -0.4 is 16.0 Å². The summed E-state index contributed by atoms with van der Waals surface area (Å²) in [5.41, 5.74) is -0.792. The SMILES string of the molecule is CCNCCNC(=O)CN1C(=O)NC2(CCCCC2C)C1=O.Cl. The van der Waals surface area contributed by atoms with Gasteiger partial charge < -0.3 is 16.0 Å². The molecule has 2 fully saturated rings. The molecule has 1 saturated heterocycles. The number of nitrogens with one attached hydrogen (secondary N) is 3. The van der Waals surface area contributed by atoms with Gasteiger partial charge in [0.1, 0.15) is 12.1 Å². The average Bonchev–Trinajstić information content (AvgIpc) is 2.72. The van der Waals surface area contributed by atoms with Crippen LogP contribution in [0.3, 0.4) is 0 Å². The van der Waals surface area contributed by atoms with E-state index in [0.29, 0.717) is 19.5 Å². The van der Waals surface area contributed by atoms with Crippen LogP contribution in [0.15, 0.2) is 0 Å². The predicted octanol–water partition coefficient (Wildman–Crippen LogP) is 0.635. The van der Waals surface area contributed by atoms with Gasteiger partial charge in [-0.15, -0.1) is 12.4 Å². The molecular formula is C15H27ClN4O3. The van der Waals surface area contributed by atoms with Gasteiger partial charge in [0.25, 0.3) is 5.91 Å². The van der Waals surface area contributed by atoms with E-state index < -0.39 is 11.6 Å². The maximum Gasteiger partial charge on any atom is 0.325 e. The van der Waals surface area contributed by atoms with E-state index in [1.807, 2.05) is 13.8 Å². The molecule has 3 N–H and O–H groups in total. The van der Waals surface area contributed by atoms with Crippen molar-refractivity contribution in [3.8, 4) is 0 Å². The summed E-state index contributed by atoms with van der Waals surface area (Å²) in [7, 11) is 0. The van der Waals surface area contributed by atoms with E-state index >= 15 is 0 Å². The third-order valence-corrected chi connectivity index (χ3v) is 4.68. The van der Waals surface area contributed by atoms with Crippen LogP contribution in [0.5, 0.6) is 0 Å². The van der Waals surface area contributed by atoms with E-state index in [0.717, 1.165) is 30.7 Å². The van der Waals surface area contributed by atoms with Crippen LogP contribution in [-0.4, -0.2) is 54.5 Å². The van der Waals surface area contributed by atoms with Crippen LogP contribution in [0, 0.1) is 5.92 Å². The Kier molecular flexibility index (Phi) is 7.28. The first-order valence-electron chi connectivity index (χ1n) is 8.12.